The lowest BCUT2D eigenvalue weighted by atomic mass is 10.2. The Balaban J connectivity index is 2.42. The summed E-state index contributed by atoms with van der Waals surface area (Å²) in [6.45, 7) is 1.91. The quantitative estimate of drug-likeness (QED) is 0.782. The molecule has 0 fully saturated rings. The number of hydrogen-bond acceptors (Lipinski definition) is 4. The Bertz CT molecular complexity index is 553. The molecule has 96 valence electrons. The topological polar surface area (TPSA) is 47.9 Å². The number of benzene rings is 1. The van der Waals surface area contributed by atoms with E-state index >= 15 is 0 Å². The Labute approximate surface area is 115 Å². The second kappa shape index (κ2) is 5.45. The predicted molar refractivity (Wildman–Crippen MR) is 72.0 cm³/mol. The van der Waals surface area contributed by atoms with E-state index in [0.717, 1.165) is 0 Å². The van der Waals surface area contributed by atoms with Crippen molar-refractivity contribution < 1.29 is 13.6 Å². The Kier molecular flexibility index (Phi) is 4.13. The SMILES string of the molecule is CCO[P@@]1(=O)OC(c2ccccc2)=NC1=C(Cl)Cl. The molecule has 1 aliphatic heterocycles. The van der Waals surface area contributed by atoms with E-state index in [9.17, 15) is 4.57 Å². The molecule has 0 bridgehead atoms. The van der Waals surface area contributed by atoms with Crippen LogP contribution in [0.2, 0.25) is 0 Å². The molecule has 7 heteroatoms. The van der Waals surface area contributed by atoms with Crippen molar-refractivity contribution in [3.8, 4) is 0 Å². The van der Waals surface area contributed by atoms with E-state index in [4.69, 9.17) is 32.2 Å². The molecule has 0 N–H and O–H groups in total. The van der Waals surface area contributed by atoms with Crippen LogP contribution in [-0.2, 0) is 13.6 Å². The van der Waals surface area contributed by atoms with Gasteiger partial charge in [0.1, 0.15) is 4.49 Å². The Morgan fingerprint density at radius 2 is 2.06 bits per heavy atom. The van der Waals surface area contributed by atoms with E-state index in [0.29, 0.717) is 5.56 Å². The van der Waals surface area contributed by atoms with E-state index in [1.165, 1.54) is 0 Å². The van der Waals surface area contributed by atoms with Crippen LogP contribution in [0.3, 0.4) is 0 Å². The highest BCUT2D eigenvalue weighted by atomic mass is 35.5. The third kappa shape index (κ3) is 2.62. The Morgan fingerprint density at radius 3 is 2.61 bits per heavy atom. The molecule has 1 atom stereocenters. The molecule has 0 saturated heterocycles. The number of hydrogen-bond donors (Lipinski definition) is 0. The second-order valence-electron chi connectivity index (χ2n) is 3.37. The number of nitrogens with zero attached hydrogens (tertiary/aromatic N) is 1. The normalized spacial score (nSPS) is 22.6. The zero-order valence-corrected chi connectivity index (χ0v) is 11.9. The van der Waals surface area contributed by atoms with Gasteiger partial charge in [-0.2, -0.15) is 0 Å². The van der Waals surface area contributed by atoms with E-state index in [1.807, 2.05) is 18.2 Å². The first-order valence-electron chi connectivity index (χ1n) is 5.21. The fourth-order valence-electron chi connectivity index (χ4n) is 1.44. The van der Waals surface area contributed by atoms with Crippen LogP contribution in [0, 0.1) is 0 Å². The average Bonchev–Trinajstić information content (AvgIpc) is 2.69. The summed E-state index contributed by atoms with van der Waals surface area (Å²) < 4.78 is 22.6. The van der Waals surface area contributed by atoms with Crippen molar-refractivity contribution in [3.63, 3.8) is 0 Å². The lowest BCUT2D eigenvalue weighted by Crippen LogP contribution is -2.00. The van der Waals surface area contributed by atoms with Crippen LogP contribution in [-0.4, -0.2) is 12.5 Å². The molecule has 0 saturated carbocycles. The first kappa shape index (κ1) is 13.6. The highest BCUT2D eigenvalue weighted by Gasteiger charge is 2.41. The van der Waals surface area contributed by atoms with E-state index in [2.05, 4.69) is 4.99 Å². The van der Waals surface area contributed by atoms with Gasteiger partial charge in [-0.15, -0.1) is 0 Å². The van der Waals surface area contributed by atoms with E-state index < -0.39 is 7.60 Å². The lowest BCUT2D eigenvalue weighted by Gasteiger charge is -2.11. The van der Waals surface area contributed by atoms with Gasteiger partial charge in [0.25, 0.3) is 0 Å². The predicted octanol–water partition coefficient (Wildman–Crippen LogP) is 4.30. The summed E-state index contributed by atoms with van der Waals surface area (Å²) in [7, 11) is -3.55. The van der Waals surface area contributed by atoms with Crippen molar-refractivity contribution in [3.05, 3.63) is 45.8 Å². The molecule has 0 radical (unpaired) electrons. The van der Waals surface area contributed by atoms with Gasteiger partial charge in [0.2, 0.25) is 5.90 Å². The van der Waals surface area contributed by atoms with Gasteiger partial charge in [0.05, 0.1) is 6.61 Å². The monoisotopic (exact) mass is 305 g/mol. The van der Waals surface area contributed by atoms with Crippen LogP contribution >= 0.6 is 30.8 Å². The molecule has 1 aromatic carbocycles. The Hall–Kier alpha value is -0.800. The minimum atomic E-state index is -3.55. The molecule has 1 heterocycles. The summed E-state index contributed by atoms with van der Waals surface area (Å²) in [5.41, 5.74) is 0.633. The van der Waals surface area contributed by atoms with Gasteiger partial charge in [0.15, 0.2) is 5.44 Å². The van der Waals surface area contributed by atoms with Crippen LogP contribution in [0.15, 0.2) is 45.3 Å². The standard InChI is InChI=1S/C11H10Cl2NO3P/c1-2-16-18(15)11(9(12)13)14-10(17-18)8-6-4-3-5-7-8/h3-7H,2H2,1H3/t18-/m1/s1. The second-order valence-corrected chi connectivity index (χ2v) is 6.18. The van der Waals surface area contributed by atoms with Gasteiger partial charge in [-0.05, 0) is 19.1 Å². The third-order valence-corrected chi connectivity index (χ3v) is 4.64. The first-order chi connectivity index (χ1) is 8.57. The van der Waals surface area contributed by atoms with Gasteiger partial charge in [-0.25, -0.2) is 9.56 Å². The average molecular weight is 306 g/mol. The van der Waals surface area contributed by atoms with Crippen molar-refractivity contribution in [2.45, 2.75) is 6.92 Å². The van der Waals surface area contributed by atoms with Gasteiger partial charge >= 0.3 is 7.60 Å². The van der Waals surface area contributed by atoms with Crippen molar-refractivity contribution in [1.29, 1.82) is 0 Å². The molecule has 4 nitrogen and oxygen atoms in total. The van der Waals surface area contributed by atoms with Crippen LogP contribution in [0.5, 0.6) is 0 Å². The van der Waals surface area contributed by atoms with Crippen LogP contribution in [0.25, 0.3) is 0 Å². The summed E-state index contributed by atoms with van der Waals surface area (Å²) in [5, 5.41) is 0. The maximum absolute atomic E-state index is 12.4. The van der Waals surface area contributed by atoms with Crippen molar-refractivity contribution in [2.24, 2.45) is 4.99 Å². The molecule has 0 aliphatic carbocycles. The maximum Gasteiger partial charge on any atom is 0.432 e. The summed E-state index contributed by atoms with van der Waals surface area (Å²) in [4.78, 5) is 4.05. The molecule has 0 amide bonds. The van der Waals surface area contributed by atoms with Crippen LogP contribution in [0.1, 0.15) is 12.5 Å². The lowest BCUT2D eigenvalue weighted by molar-refractivity contribution is 0.287. The van der Waals surface area contributed by atoms with Gasteiger partial charge in [-0.3, -0.25) is 4.52 Å². The summed E-state index contributed by atoms with van der Waals surface area (Å²) in [5.74, 6) is 0.196. The van der Waals surface area contributed by atoms with Crippen molar-refractivity contribution in [1.82, 2.24) is 0 Å². The minimum absolute atomic E-state index is 0.0495. The highest BCUT2D eigenvalue weighted by molar-refractivity contribution is 7.59. The summed E-state index contributed by atoms with van der Waals surface area (Å²) in [6.07, 6.45) is 0. The molecular weight excluding hydrogens is 296 g/mol. The van der Waals surface area contributed by atoms with Crippen LogP contribution in [0.4, 0.5) is 0 Å². The molecule has 2 rings (SSSR count). The number of rotatable bonds is 3. The highest BCUT2D eigenvalue weighted by Crippen LogP contribution is 2.62. The zero-order valence-electron chi connectivity index (χ0n) is 9.47. The summed E-state index contributed by atoms with van der Waals surface area (Å²) in [6, 6.07) is 9.04. The van der Waals surface area contributed by atoms with E-state index in [1.54, 1.807) is 19.1 Å². The van der Waals surface area contributed by atoms with Gasteiger partial charge in [0, 0.05) is 5.56 Å². The fourth-order valence-corrected chi connectivity index (χ4v) is 3.54. The first-order valence-corrected chi connectivity index (χ1v) is 7.51. The minimum Gasteiger partial charge on any atom is -0.401 e. The maximum atomic E-state index is 12.4. The molecule has 18 heavy (non-hydrogen) atoms. The molecule has 0 unspecified atom stereocenters. The van der Waals surface area contributed by atoms with Gasteiger partial charge < -0.3 is 4.52 Å². The largest absolute Gasteiger partial charge is 0.432 e. The molecule has 0 spiro atoms. The molecule has 1 aromatic rings. The van der Waals surface area contributed by atoms with Gasteiger partial charge in [-0.1, -0.05) is 41.4 Å². The molecular formula is C11H10Cl2NO3P. The number of aliphatic imine (C=N–C) groups is 1. The van der Waals surface area contributed by atoms with E-state index in [-0.39, 0.29) is 22.4 Å². The van der Waals surface area contributed by atoms with Crippen molar-refractivity contribution >= 4 is 36.7 Å². The molecule has 1 aliphatic rings. The summed E-state index contributed by atoms with van der Waals surface area (Å²) >= 11 is 11.3. The number of halogens is 2. The van der Waals surface area contributed by atoms with Crippen molar-refractivity contribution in [2.75, 3.05) is 6.61 Å². The molecule has 0 aromatic heterocycles. The van der Waals surface area contributed by atoms with Crippen LogP contribution < -0.4 is 0 Å². The smallest absolute Gasteiger partial charge is 0.401 e. The fraction of sp³-hybridized carbons (Fsp3) is 0.182. The zero-order chi connectivity index (χ0) is 13.2. The third-order valence-electron chi connectivity index (χ3n) is 2.16. The Morgan fingerprint density at radius 1 is 1.39 bits per heavy atom.